The molecule has 3 heterocycles. The van der Waals surface area contributed by atoms with Crippen molar-refractivity contribution in [2.75, 3.05) is 18.6 Å². The van der Waals surface area contributed by atoms with Gasteiger partial charge in [-0.2, -0.15) is 4.98 Å². The van der Waals surface area contributed by atoms with E-state index in [0.717, 1.165) is 22.6 Å². The normalized spacial score (nSPS) is 13.1. The number of nitrogens with zero attached hydrogens (tertiary/aromatic N) is 5. The van der Waals surface area contributed by atoms with Gasteiger partial charge in [0.2, 0.25) is 5.95 Å². The highest BCUT2D eigenvalue weighted by atomic mass is 16.5. The van der Waals surface area contributed by atoms with Crippen LogP contribution < -0.4 is 20.9 Å². The number of anilines is 2. The van der Waals surface area contributed by atoms with Crippen molar-refractivity contribution in [3.05, 3.63) is 80.5 Å². The van der Waals surface area contributed by atoms with Crippen LogP contribution in [0, 0.1) is 6.92 Å². The summed E-state index contributed by atoms with van der Waals surface area (Å²) in [7, 11) is 3.30. The van der Waals surface area contributed by atoms with E-state index in [4.69, 9.17) is 4.74 Å². The number of methoxy groups -OCH3 is 1. The first-order valence-electron chi connectivity index (χ1n) is 10.2. The zero-order valence-corrected chi connectivity index (χ0v) is 17.7. The maximum atomic E-state index is 13.4. The summed E-state index contributed by atoms with van der Waals surface area (Å²) in [6, 6.07) is 15.5. The summed E-state index contributed by atoms with van der Waals surface area (Å²) in [5.41, 5.74) is 3.14. The molecule has 0 aliphatic carbocycles. The molecule has 1 aliphatic rings. The lowest BCUT2D eigenvalue weighted by Gasteiger charge is -2.16. The molecule has 8 nitrogen and oxygen atoms in total. The second-order valence-electron chi connectivity index (χ2n) is 7.74. The molecule has 0 atom stereocenters. The van der Waals surface area contributed by atoms with Crippen LogP contribution in [-0.2, 0) is 20.1 Å². The summed E-state index contributed by atoms with van der Waals surface area (Å²) in [4.78, 5) is 33.2. The molecule has 0 spiro atoms. The van der Waals surface area contributed by atoms with Crippen LogP contribution in [0.15, 0.2) is 58.1 Å². The van der Waals surface area contributed by atoms with Crippen LogP contribution in [0.1, 0.15) is 11.1 Å². The van der Waals surface area contributed by atoms with Gasteiger partial charge in [-0.05, 0) is 42.3 Å². The summed E-state index contributed by atoms with van der Waals surface area (Å²) in [6.45, 7) is 3.53. The summed E-state index contributed by atoms with van der Waals surface area (Å²) in [5.74, 6) is 1.44. The average Bonchev–Trinajstić information content (AvgIpc) is 3.36. The first-order chi connectivity index (χ1) is 15.0. The number of aromatic nitrogens is 4. The fraction of sp³-hybridized carbons (Fsp3) is 0.261. The van der Waals surface area contributed by atoms with Gasteiger partial charge < -0.3 is 14.2 Å². The van der Waals surface area contributed by atoms with Gasteiger partial charge in [-0.3, -0.25) is 13.9 Å². The molecule has 2 aromatic heterocycles. The Labute approximate surface area is 178 Å². The van der Waals surface area contributed by atoms with Gasteiger partial charge in [-0.15, -0.1) is 0 Å². The monoisotopic (exact) mass is 417 g/mol. The van der Waals surface area contributed by atoms with Crippen molar-refractivity contribution in [2.24, 2.45) is 7.05 Å². The molecule has 0 saturated heterocycles. The van der Waals surface area contributed by atoms with E-state index in [2.05, 4.69) is 9.88 Å². The predicted molar refractivity (Wildman–Crippen MR) is 120 cm³/mol. The molecule has 8 heteroatoms. The Morgan fingerprint density at radius 1 is 1.03 bits per heavy atom. The zero-order valence-electron chi connectivity index (χ0n) is 17.7. The lowest BCUT2D eigenvalue weighted by Crippen LogP contribution is -2.40. The van der Waals surface area contributed by atoms with Crippen molar-refractivity contribution in [1.29, 1.82) is 0 Å². The van der Waals surface area contributed by atoms with Gasteiger partial charge in [-0.1, -0.05) is 24.3 Å². The third kappa shape index (κ3) is 2.94. The molecule has 5 rings (SSSR count). The second-order valence-corrected chi connectivity index (χ2v) is 7.74. The highest BCUT2D eigenvalue weighted by molar-refractivity contribution is 5.77. The highest BCUT2D eigenvalue weighted by Crippen LogP contribution is 2.32. The van der Waals surface area contributed by atoms with Crippen LogP contribution >= 0.6 is 0 Å². The van der Waals surface area contributed by atoms with Crippen molar-refractivity contribution >= 4 is 22.8 Å². The maximum Gasteiger partial charge on any atom is 0.332 e. The average molecular weight is 417 g/mol. The van der Waals surface area contributed by atoms with Gasteiger partial charge in [0.25, 0.3) is 5.56 Å². The van der Waals surface area contributed by atoms with Crippen LogP contribution in [0.5, 0.6) is 5.75 Å². The van der Waals surface area contributed by atoms with E-state index in [0.29, 0.717) is 30.2 Å². The number of fused-ring (bicyclic) bond motifs is 3. The Hall–Kier alpha value is -3.81. The quantitative estimate of drug-likeness (QED) is 0.510. The lowest BCUT2D eigenvalue weighted by atomic mass is 10.1. The molecule has 0 bridgehead atoms. The summed E-state index contributed by atoms with van der Waals surface area (Å²) < 4.78 is 9.92. The van der Waals surface area contributed by atoms with Gasteiger partial charge in [0.15, 0.2) is 11.2 Å². The Kier molecular flexibility index (Phi) is 4.43. The molecule has 0 N–H and O–H groups in total. The van der Waals surface area contributed by atoms with Crippen molar-refractivity contribution in [1.82, 2.24) is 18.7 Å². The number of benzene rings is 2. The first kappa shape index (κ1) is 19.2. The third-order valence-corrected chi connectivity index (χ3v) is 5.97. The molecule has 4 aromatic rings. The molecule has 0 radical (unpaired) electrons. The van der Waals surface area contributed by atoms with Gasteiger partial charge in [0.05, 0.1) is 13.7 Å². The number of hydrogen-bond donors (Lipinski definition) is 0. The molecular weight excluding hydrogens is 394 g/mol. The summed E-state index contributed by atoms with van der Waals surface area (Å²) in [6.07, 6.45) is 0. The van der Waals surface area contributed by atoms with Crippen molar-refractivity contribution in [3.63, 3.8) is 0 Å². The topological polar surface area (TPSA) is 74.3 Å². The minimum Gasteiger partial charge on any atom is -0.497 e. The van der Waals surface area contributed by atoms with Gasteiger partial charge in [0, 0.05) is 25.8 Å². The zero-order chi connectivity index (χ0) is 21.7. The summed E-state index contributed by atoms with van der Waals surface area (Å²) in [5, 5.41) is 0. The van der Waals surface area contributed by atoms with E-state index in [1.165, 1.54) is 9.13 Å². The van der Waals surface area contributed by atoms with E-state index in [-0.39, 0.29) is 17.8 Å². The molecule has 0 saturated carbocycles. The van der Waals surface area contributed by atoms with E-state index < -0.39 is 0 Å². The first-order valence-corrected chi connectivity index (χ1v) is 10.2. The Morgan fingerprint density at radius 3 is 2.48 bits per heavy atom. The van der Waals surface area contributed by atoms with Crippen LogP contribution in [-0.4, -0.2) is 32.3 Å². The van der Waals surface area contributed by atoms with Crippen LogP contribution in [0.4, 0.5) is 11.6 Å². The number of rotatable bonds is 4. The Bertz CT molecular complexity index is 1410. The van der Waals surface area contributed by atoms with Gasteiger partial charge in [-0.25, -0.2) is 4.79 Å². The maximum absolute atomic E-state index is 13.4. The molecular formula is C23H23N5O3. The number of hydrogen-bond acceptors (Lipinski definition) is 5. The van der Waals surface area contributed by atoms with E-state index >= 15 is 0 Å². The highest BCUT2D eigenvalue weighted by Gasteiger charge is 2.28. The SMILES string of the molecule is COc1ccc(N2CCn3c2nc2c3c(=O)n(Cc3ccccc3C)c(=O)n2C)cc1. The molecule has 31 heavy (non-hydrogen) atoms. The largest absolute Gasteiger partial charge is 0.497 e. The molecule has 0 unspecified atom stereocenters. The third-order valence-electron chi connectivity index (χ3n) is 5.97. The summed E-state index contributed by atoms with van der Waals surface area (Å²) >= 11 is 0. The van der Waals surface area contributed by atoms with E-state index in [1.807, 2.05) is 60.0 Å². The van der Waals surface area contributed by atoms with Gasteiger partial charge in [0.1, 0.15) is 5.75 Å². The molecule has 158 valence electrons. The number of aryl methyl sites for hydroxylation is 2. The number of ether oxygens (including phenoxy) is 1. The smallest absolute Gasteiger partial charge is 0.332 e. The Balaban J connectivity index is 1.65. The minimum absolute atomic E-state index is 0.233. The second kappa shape index (κ2) is 7.16. The predicted octanol–water partition coefficient (Wildman–Crippen LogP) is 2.41. The van der Waals surface area contributed by atoms with E-state index in [1.54, 1.807) is 14.2 Å². The Morgan fingerprint density at radius 2 is 1.77 bits per heavy atom. The van der Waals surface area contributed by atoms with Crippen molar-refractivity contribution < 1.29 is 4.74 Å². The molecule has 0 amide bonds. The van der Waals surface area contributed by atoms with E-state index in [9.17, 15) is 9.59 Å². The van der Waals surface area contributed by atoms with Crippen molar-refractivity contribution in [2.45, 2.75) is 20.0 Å². The fourth-order valence-corrected chi connectivity index (χ4v) is 4.18. The lowest BCUT2D eigenvalue weighted by molar-refractivity contribution is 0.415. The van der Waals surface area contributed by atoms with Crippen LogP contribution in [0.2, 0.25) is 0 Å². The van der Waals surface area contributed by atoms with Gasteiger partial charge >= 0.3 is 5.69 Å². The van der Waals surface area contributed by atoms with Crippen molar-refractivity contribution in [3.8, 4) is 5.75 Å². The molecule has 2 aromatic carbocycles. The number of imidazole rings is 1. The fourth-order valence-electron chi connectivity index (χ4n) is 4.18. The minimum atomic E-state index is -0.367. The molecule has 1 aliphatic heterocycles. The van der Waals surface area contributed by atoms with Crippen LogP contribution in [0.25, 0.3) is 11.2 Å². The molecule has 0 fully saturated rings. The van der Waals surface area contributed by atoms with Crippen LogP contribution in [0.3, 0.4) is 0 Å². The standard InChI is InChI=1S/C23H23N5O3/c1-15-6-4-5-7-16(15)14-28-21(29)19-20(25(2)23(28)30)24-22-26(12-13-27(19)22)17-8-10-18(31-3)11-9-17/h4-11H,12-14H2,1-3H3.